The van der Waals surface area contributed by atoms with Gasteiger partial charge in [0.15, 0.2) is 0 Å². The number of imide groups is 1. The molecule has 0 spiro atoms. The summed E-state index contributed by atoms with van der Waals surface area (Å²) in [6.07, 6.45) is 0.456. The van der Waals surface area contributed by atoms with E-state index in [9.17, 15) is 19.2 Å². The number of rotatable bonds is 9. The minimum absolute atomic E-state index is 0.0752. The number of ether oxygens (including phenoxy) is 2. The normalized spacial score (nSPS) is 18.6. The number of carbonyl (C=O) groups is 4. The zero-order valence-electron chi connectivity index (χ0n) is 15.8. The molecule has 2 aliphatic heterocycles. The second kappa shape index (κ2) is 9.59. The van der Waals surface area contributed by atoms with E-state index in [0.29, 0.717) is 16.8 Å². The third-order valence-corrected chi connectivity index (χ3v) is 4.70. The molecule has 1 atom stereocenters. The van der Waals surface area contributed by atoms with E-state index in [1.807, 2.05) is 0 Å². The predicted molar refractivity (Wildman–Crippen MR) is 99.8 cm³/mol. The van der Waals surface area contributed by atoms with Crippen LogP contribution in [0.25, 0.3) is 0 Å². The fourth-order valence-corrected chi connectivity index (χ4v) is 3.34. The molecule has 3 rings (SSSR count). The molecule has 156 valence electrons. The number of piperidine rings is 1. The SMILES string of the molecule is O=C1CCC(N2Cc3c(NC(=O)COCCOCCO)cccc3C2=O)C(=O)N1. The predicted octanol–water partition coefficient (Wildman–Crippen LogP) is -0.588. The van der Waals surface area contributed by atoms with Crippen LogP contribution in [0.5, 0.6) is 0 Å². The second-order valence-electron chi connectivity index (χ2n) is 6.67. The van der Waals surface area contributed by atoms with Crippen molar-refractivity contribution in [2.75, 3.05) is 38.4 Å². The summed E-state index contributed by atoms with van der Waals surface area (Å²) >= 11 is 0. The van der Waals surface area contributed by atoms with E-state index in [0.717, 1.165) is 0 Å². The standard InChI is InChI=1S/C19H23N3O7/c23-6-7-28-8-9-29-11-17(25)20-14-3-1-2-12-13(14)10-22(19(12)27)15-4-5-16(24)21-18(15)26/h1-3,15,23H,4-11H2,(H,20,25)(H,21,24,26). The van der Waals surface area contributed by atoms with Gasteiger partial charge < -0.3 is 24.8 Å². The lowest BCUT2D eigenvalue weighted by molar-refractivity contribution is -0.137. The molecule has 3 N–H and O–H groups in total. The van der Waals surface area contributed by atoms with E-state index in [-0.39, 0.29) is 70.1 Å². The van der Waals surface area contributed by atoms with Gasteiger partial charge in [-0.3, -0.25) is 24.5 Å². The zero-order chi connectivity index (χ0) is 20.8. The Morgan fingerprint density at radius 2 is 2.00 bits per heavy atom. The summed E-state index contributed by atoms with van der Waals surface area (Å²) in [5.41, 5.74) is 1.53. The molecular formula is C19H23N3O7. The molecule has 29 heavy (non-hydrogen) atoms. The van der Waals surface area contributed by atoms with Crippen molar-refractivity contribution in [2.45, 2.75) is 25.4 Å². The number of hydrogen-bond donors (Lipinski definition) is 3. The number of carbonyl (C=O) groups excluding carboxylic acids is 4. The van der Waals surface area contributed by atoms with Gasteiger partial charge in [-0.15, -0.1) is 0 Å². The zero-order valence-corrected chi connectivity index (χ0v) is 15.8. The summed E-state index contributed by atoms with van der Waals surface area (Å²) in [5.74, 6) is -1.51. The van der Waals surface area contributed by atoms with E-state index < -0.39 is 11.9 Å². The van der Waals surface area contributed by atoms with Crippen molar-refractivity contribution < 1.29 is 33.8 Å². The number of aliphatic hydroxyl groups excluding tert-OH is 1. The summed E-state index contributed by atoms with van der Waals surface area (Å²) in [6.45, 7) is 0.605. The summed E-state index contributed by atoms with van der Waals surface area (Å²) in [4.78, 5) is 49.8. The van der Waals surface area contributed by atoms with E-state index in [2.05, 4.69) is 10.6 Å². The van der Waals surface area contributed by atoms with E-state index in [1.54, 1.807) is 18.2 Å². The van der Waals surface area contributed by atoms with E-state index in [1.165, 1.54) is 4.90 Å². The number of fused-ring (bicyclic) bond motifs is 1. The molecule has 0 bridgehead atoms. The van der Waals surface area contributed by atoms with Crippen LogP contribution in [0, 0.1) is 0 Å². The Labute approximate surface area is 167 Å². The number of benzene rings is 1. The molecule has 1 saturated heterocycles. The van der Waals surface area contributed by atoms with Crippen LogP contribution in [0.4, 0.5) is 5.69 Å². The third kappa shape index (κ3) is 4.97. The number of hydrogen-bond acceptors (Lipinski definition) is 7. The molecule has 1 fully saturated rings. The summed E-state index contributed by atoms with van der Waals surface area (Å²) in [7, 11) is 0. The molecule has 1 aromatic rings. The van der Waals surface area contributed by atoms with Crippen LogP contribution in [0.2, 0.25) is 0 Å². The van der Waals surface area contributed by atoms with Crippen LogP contribution in [0.1, 0.15) is 28.8 Å². The molecule has 0 aliphatic carbocycles. The smallest absolute Gasteiger partial charge is 0.255 e. The first-order valence-electron chi connectivity index (χ1n) is 9.34. The van der Waals surface area contributed by atoms with Crippen LogP contribution in [-0.2, 0) is 30.4 Å². The number of nitrogens with one attached hydrogen (secondary N) is 2. The molecule has 10 nitrogen and oxygen atoms in total. The van der Waals surface area contributed by atoms with E-state index in [4.69, 9.17) is 14.6 Å². The maximum atomic E-state index is 12.8. The van der Waals surface area contributed by atoms with Crippen LogP contribution < -0.4 is 10.6 Å². The molecule has 0 radical (unpaired) electrons. The van der Waals surface area contributed by atoms with Crippen LogP contribution in [0.15, 0.2) is 18.2 Å². The van der Waals surface area contributed by atoms with Crippen LogP contribution >= 0.6 is 0 Å². The van der Waals surface area contributed by atoms with Gasteiger partial charge >= 0.3 is 0 Å². The van der Waals surface area contributed by atoms with Crippen LogP contribution in [0.3, 0.4) is 0 Å². The molecule has 10 heteroatoms. The Kier molecular flexibility index (Phi) is 6.91. The van der Waals surface area contributed by atoms with Gasteiger partial charge in [0.25, 0.3) is 5.91 Å². The minimum atomic E-state index is -0.710. The topological polar surface area (TPSA) is 134 Å². The first-order valence-corrected chi connectivity index (χ1v) is 9.34. The molecule has 2 aliphatic rings. The molecule has 2 heterocycles. The molecule has 0 saturated carbocycles. The number of amides is 4. The number of aliphatic hydroxyl groups is 1. The summed E-state index contributed by atoms with van der Waals surface area (Å²) in [6, 6.07) is 4.28. The Hall–Kier alpha value is -2.82. The Balaban J connectivity index is 1.59. The van der Waals surface area contributed by atoms with Gasteiger partial charge in [-0.1, -0.05) is 6.07 Å². The van der Waals surface area contributed by atoms with Crippen molar-refractivity contribution in [3.05, 3.63) is 29.3 Å². The third-order valence-electron chi connectivity index (χ3n) is 4.70. The van der Waals surface area contributed by atoms with Crippen LogP contribution in [-0.4, -0.2) is 72.7 Å². The Bertz CT molecular complexity index is 811. The summed E-state index contributed by atoms with van der Waals surface area (Å²) < 4.78 is 10.3. The van der Waals surface area contributed by atoms with Crippen molar-refractivity contribution in [3.8, 4) is 0 Å². The highest BCUT2D eigenvalue weighted by Crippen LogP contribution is 2.32. The van der Waals surface area contributed by atoms with Gasteiger partial charge in [-0.25, -0.2) is 0 Å². The molecule has 1 unspecified atom stereocenters. The van der Waals surface area contributed by atoms with Gasteiger partial charge in [0.1, 0.15) is 12.6 Å². The molecule has 0 aromatic heterocycles. The largest absolute Gasteiger partial charge is 0.394 e. The Morgan fingerprint density at radius 1 is 1.21 bits per heavy atom. The average Bonchev–Trinajstić information content (AvgIpc) is 3.02. The average molecular weight is 405 g/mol. The lowest BCUT2D eigenvalue weighted by atomic mass is 10.0. The fourth-order valence-electron chi connectivity index (χ4n) is 3.34. The van der Waals surface area contributed by atoms with Crippen molar-refractivity contribution in [1.82, 2.24) is 10.2 Å². The highest BCUT2D eigenvalue weighted by atomic mass is 16.5. The first-order chi connectivity index (χ1) is 14.0. The van der Waals surface area contributed by atoms with Crippen molar-refractivity contribution >= 4 is 29.3 Å². The Morgan fingerprint density at radius 3 is 2.76 bits per heavy atom. The van der Waals surface area contributed by atoms with Gasteiger partial charge in [0.05, 0.1) is 26.4 Å². The minimum Gasteiger partial charge on any atom is -0.394 e. The lowest BCUT2D eigenvalue weighted by Crippen LogP contribution is -2.52. The van der Waals surface area contributed by atoms with Gasteiger partial charge in [0, 0.05) is 29.8 Å². The van der Waals surface area contributed by atoms with E-state index >= 15 is 0 Å². The second-order valence-corrected chi connectivity index (χ2v) is 6.67. The fraction of sp³-hybridized carbons (Fsp3) is 0.474. The molecule has 4 amide bonds. The maximum Gasteiger partial charge on any atom is 0.255 e. The number of nitrogens with zero attached hydrogens (tertiary/aromatic N) is 1. The number of anilines is 1. The monoisotopic (exact) mass is 405 g/mol. The molecule has 1 aromatic carbocycles. The molecular weight excluding hydrogens is 382 g/mol. The highest BCUT2D eigenvalue weighted by Gasteiger charge is 2.39. The first kappa shape index (κ1) is 20.9. The highest BCUT2D eigenvalue weighted by molar-refractivity contribution is 6.06. The lowest BCUT2D eigenvalue weighted by Gasteiger charge is -2.29. The van der Waals surface area contributed by atoms with Gasteiger partial charge in [-0.2, -0.15) is 0 Å². The maximum absolute atomic E-state index is 12.8. The van der Waals surface area contributed by atoms with Gasteiger partial charge in [0.2, 0.25) is 17.7 Å². The summed E-state index contributed by atoms with van der Waals surface area (Å²) in [5, 5.41) is 13.6. The quantitative estimate of drug-likeness (QED) is 0.369. The van der Waals surface area contributed by atoms with Gasteiger partial charge in [-0.05, 0) is 18.6 Å². The van der Waals surface area contributed by atoms with Crippen molar-refractivity contribution in [3.63, 3.8) is 0 Å². The van der Waals surface area contributed by atoms with Crippen molar-refractivity contribution in [2.24, 2.45) is 0 Å². The van der Waals surface area contributed by atoms with Crippen molar-refractivity contribution in [1.29, 1.82) is 0 Å².